The molecule has 35 heavy (non-hydrogen) atoms. The maximum Gasteiger partial charge on any atom is 0.278 e. The number of aliphatic imine (C=N–C) groups is 1. The highest BCUT2D eigenvalue weighted by Crippen LogP contribution is 2.33. The normalized spacial score (nSPS) is 13.3. The quantitative estimate of drug-likeness (QED) is 0.260. The van der Waals surface area contributed by atoms with Crippen LogP contribution in [-0.2, 0) is 10.2 Å². The Labute approximate surface area is 208 Å². The maximum absolute atomic E-state index is 13.3. The van der Waals surface area contributed by atoms with Crippen LogP contribution >= 0.6 is 0 Å². The maximum atomic E-state index is 13.3. The first kappa shape index (κ1) is 27.7. The zero-order valence-electron chi connectivity index (χ0n) is 22.1. The number of hydrogen-bond acceptors (Lipinski definition) is 7. The van der Waals surface area contributed by atoms with Gasteiger partial charge in [-0.15, -0.1) is 0 Å². The number of hydrazone groups is 1. The number of carbonyl (C=O) groups is 1. The number of carbonyl (C=O) groups excluding carboxylic acids is 1. The second kappa shape index (κ2) is 12.2. The molecule has 0 spiro atoms. The Morgan fingerprint density at radius 1 is 1.09 bits per heavy atom. The van der Waals surface area contributed by atoms with Gasteiger partial charge >= 0.3 is 0 Å². The van der Waals surface area contributed by atoms with Gasteiger partial charge in [0.15, 0.2) is 5.71 Å². The first-order valence-corrected chi connectivity index (χ1v) is 11.7. The van der Waals surface area contributed by atoms with Gasteiger partial charge in [-0.2, -0.15) is 5.10 Å². The lowest BCUT2D eigenvalue weighted by Gasteiger charge is -2.23. The number of benzene rings is 2. The monoisotopic (exact) mass is 482 g/mol. The molecule has 0 aliphatic carbocycles. The van der Waals surface area contributed by atoms with Crippen LogP contribution in [0.1, 0.15) is 59.9 Å². The summed E-state index contributed by atoms with van der Waals surface area (Å²) in [6.07, 6.45) is 1.90. The Hall–Kier alpha value is -3.55. The van der Waals surface area contributed by atoms with Crippen molar-refractivity contribution in [2.24, 2.45) is 15.9 Å². The summed E-state index contributed by atoms with van der Waals surface area (Å²) in [4.78, 5) is 17.8. The minimum Gasteiger partial charge on any atom is -0.497 e. The van der Waals surface area contributed by atoms with Crippen LogP contribution in [0, 0.1) is 0 Å². The predicted octanol–water partition coefficient (Wildman–Crippen LogP) is 5.61. The molecule has 0 aliphatic heterocycles. The van der Waals surface area contributed by atoms with Gasteiger partial charge < -0.3 is 25.4 Å². The molecule has 1 unspecified atom stereocenters. The Balaban J connectivity index is 2.41. The molecule has 0 bridgehead atoms. The standard InChI is InChI=1S/C27H38N4O4/c1-9-10-17(2)35-24-13-11-19(27(4,5)6)15-21(24)30-26(32)25(31-28)18(3)29-22-16-20(33-7)12-14-23(22)34-8/h11-17H,9-10,28H2,1-8H3,(H,30,32)/b29-18?,31-25+. The molecule has 8 nitrogen and oxygen atoms in total. The summed E-state index contributed by atoms with van der Waals surface area (Å²) >= 11 is 0. The number of ether oxygens (including phenoxy) is 3. The van der Waals surface area contributed by atoms with E-state index in [1.807, 2.05) is 25.1 Å². The van der Waals surface area contributed by atoms with Crippen molar-refractivity contribution in [3.8, 4) is 17.2 Å². The van der Waals surface area contributed by atoms with Crippen LogP contribution < -0.4 is 25.4 Å². The number of hydrogen-bond donors (Lipinski definition) is 2. The highest BCUT2D eigenvalue weighted by molar-refractivity contribution is 6.68. The molecule has 0 aliphatic rings. The van der Waals surface area contributed by atoms with E-state index in [2.05, 4.69) is 43.1 Å². The minimum absolute atomic E-state index is 0.00242. The first-order valence-electron chi connectivity index (χ1n) is 11.7. The molecule has 8 heteroatoms. The van der Waals surface area contributed by atoms with E-state index in [-0.39, 0.29) is 17.2 Å². The molecule has 1 amide bonds. The third-order valence-corrected chi connectivity index (χ3v) is 5.48. The van der Waals surface area contributed by atoms with Crippen LogP contribution in [0.5, 0.6) is 17.2 Å². The molecule has 2 aromatic carbocycles. The summed E-state index contributed by atoms with van der Waals surface area (Å²) in [5.41, 5.74) is 2.30. The van der Waals surface area contributed by atoms with Crippen molar-refractivity contribution in [2.75, 3.05) is 19.5 Å². The zero-order valence-corrected chi connectivity index (χ0v) is 22.1. The van der Waals surface area contributed by atoms with Gasteiger partial charge in [0.2, 0.25) is 0 Å². The Kier molecular flexibility index (Phi) is 9.68. The molecular formula is C27H38N4O4. The van der Waals surface area contributed by atoms with Gasteiger partial charge in [0, 0.05) is 6.07 Å². The second-order valence-corrected chi connectivity index (χ2v) is 9.34. The molecule has 1 atom stereocenters. The first-order chi connectivity index (χ1) is 16.5. The van der Waals surface area contributed by atoms with Crippen LogP contribution in [0.2, 0.25) is 0 Å². The fourth-order valence-electron chi connectivity index (χ4n) is 3.49. The third kappa shape index (κ3) is 7.47. The molecule has 0 fully saturated rings. The summed E-state index contributed by atoms with van der Waals surface area (Å²) in [6.45, 7) is 12.1. The van der Waals surface area contributed by atoms with Crippen molar-refractivity contribution in [1.29, 1.82) is 0 Å². The molecule has 2 aromatic rings. The highest BCUT2D eigenvalue weighted by Gasteiger charge is 2.21. The summed E-state index contributed by atoms with van der Waals surface area (Å²) in [6, 6.07) is 11.1. The van der Waals surface area contributed by atoms with E-state index in [0.29, 0.717) is 34.3 Å². The number of nitrogens with zero attached hydrogens (tertiary/aromatic N) is 2. The number of anilines is 1. The molecule has 0 saturated heterocycles. The van der Waals surface area contributed by atoms with Gasteiger partial charge in [0.05, 0.1) is 31.7 Å². The van der Waals surface area contributed by atoms with Gasteiger partial charge in [0.1, 0.15) is 22.9 Å². The fraction of sp³-hybridized carbons (Fsp3) is 0.444. The number of nitrogens with two attached hydrogens (primary N) is 1. The molecule has 3 N–H and O–H groups in total. The van der Waals surface area contributed by atoms with E-state index in [4.69, 9.17) is 20.1 Å². The molecule has 2 rings (SSSR count). The number of nitrogens with one attached hydrogen (secondary N) is 1. The highest BCUT2D eigenvalue weighted by atomic mass is 16.5. The van der Waals surface area contributed by atoms with Crippen LogP contribution in [0.4, 0.5) is 11.4 Å². The number of rotatable bonds is 10. The van der Waals surface area contributed by atoms with Crippen LogP contribution in [0.25, 0.3) is 0 Å². The topological polar surface area (TPSA) is 108 Å². The zero-order chi connectivity index (χ0) is 26.2. The SMILES string of the molecule is CCCC(C)Oc1ccc(C(C)(C)C)cc1NC(=O)/C(=N/N)C(C)=Nc1cc(OC)ccc1OC. The minimum atomic E-state index is -0.491. The number of methoxy groups -OCH3 is 2. The van der Waals surface area contributed by atoms with E-state index in [0.717, 1.165) is 18.4 Å². The lowest BCUT2D eigenvalue weighted by molar-refractivity contribution is -0.110. The second-order valence-electron chi connectivity index (χ2n) is 9.34. The van der Waals surface area contributed by atoms with E-state index >= 15 is 0 Å². The fourth-order valence-corrected chi connectivity index (χ4v) is 3.49. The average molecular weight is 483 g/mol. The van der Waals surface area contributed by atoms with Crippen LogP contribution in [0.3, 0.4) is 0 Å². The van der Waals surface area contributed by atoms with Gasteiger partial charge in [-0.1, -0.05) is 40.2 Å². The Bertz CT molecular complexity index is 1090. The van der Waals surface area contributed by atoms with Crippen molar-refractivity contribution in [2.45, 2.75) is 65.9 Å². The summed E-state index contributed by atoms with van der Waals surface area (Å²) in [5, 5.41) is 6.66. The van der Waals surface area contributed by atoms with Crippen LogP contribution in [-0.4, -0.2) is 37.7 Å². The molecular weight excluding hydrogens is 444 g/mol. The van der Waals surface area contributed by atoms with Gasteiger partial charge in [-0.25, -0.2) is 4.99 Å². The molecule has 0 saturated carbocycles. The van der Waals surface area contributed by atoms with Crippen molar-refractivity contribution in [3.63, 3.8) is 0 Å². The van der Waals surface area contributed by atoms with E-state index in [1.165, 1.54) is 0 Å². The molecule has 0 heterocycles. The van der Waals surface area contributed by atoms with Crippen molar-refractivity contribution < 1.29 is 19.0 Å². The third-order valence-electron chi connectivity index (χ3n) is 5.48. The lowest BCUT2D eigenvalue weighted by atomic mass is 9.87. The van der Waals surface area contributed by atoms with Crippen molar-refractivity contribution >= 4 is 28.7 Å². The van der Waals surface area contributed by atoms with E-state index < -0.39 is 5.91 Å². The van der Waals surface area contributed by atoms with Gasteiger partial charge in [0.25, 0.3) is 5.91 Å². The smallest absolute Gasteiger partial charge is 0.278 e. The lowest BCUT2D eigenvalue weighted by Crippen LogP contribution is -2.30. The van der Waals surface area contributed by atoms with E-state index in [9.17, 15) is 4.79 Å². The van der Waals surface area contributed by atoms with Crippen molar-refractivity contribution in [3.05, 3.63) is 42.0 Å². The Morgan fingerprint density at radius 2 is 1.77 bits per heavy atom. The summed E-state index contributed by atoms with van der Waals surface area (Å²) < 4.78 is 16.8. The van der Waals surface area contributed by atoms with E-state index in [1.54, 1.807) is 39.3 Å². The van der Waals surface area contributed by atoms with Crippen molar-refractivity contribution in [1.82, 2.24) is 0 Å². The predicted molar refractivity (Wildman–Crippen MR) is 143 cm³/mol. The molecule has 0 aromatic heterocycles. The molecule has 0 radical (unpaired) electrons. The van der Waals surface area contributed by atoms with Gasteiger partial charge in [-0.05, 0) is 55.5 Å². The Morgan fingerprint density at radius 3 is 2.34 bits per heavy atom. The largest absolute Gasteiger partial charge is 0.497 e. The summed E-state index contributed by atoms with van der Waals surface area (Å²) in [7, 11) is 3.11. The number of amides is 1. The van der Waals surface area contributed by atoms with Crippen LogP contribution in [0.15, 0.2) is 46.5 Å². The summed E-state index contributed by atoms with van der Waals surface area (Å²) in [5.74, 6) is 6.86. The molecule has 190 valence electrons. The average Bonchev–Trinajstić information content (AvgIpc) is 2.80. The van der Waals surface area contributed by atoms with Gasteiger partial charge in [-0.3, -0.25) is 4.79 Å².